The highest BCUT2D eigenvalue weighted by Gasteiger charge is 2.50. The minimum absolute atomic E-state index is 0.171. The summed E-state index contributed by atoms with van der Waals surface area (Å²) in [4.78, 5) is 26.5. The van der Waals surface area contributed by atoms with Crippen molar-refractivity contribution in [3.8, 4) is 0 Å². The zero-order valence-electron chi connectivity index (χ0n) is 42.9. The van der Waals surface area contributed by atoms with Gasteiger partial charge < -0.3 is 54.3 Å². The third kappa shape index (κ3) is 27.1. The van der Waals surface area contributed by atoms with Crippen molar-refractivity contribution < 1.29 is 63.9 Å². The first kappa shape index (κ1) is 61.7. The first-order chi connectivity index (χ1) is 32.5. The molecule has 2 saturated heterocycles. The molecule has 0 aromatic rings. The summed E-state index contributed by atoms with van der Waals surface area (Å²) >= 11 is 0. The number of carbonyl (C=O) groups excluding carboxylic acids is 2. The van der Waals surface area contributed by atoms with Crippen molar-refractivity contribution in [1.82, 2.24) is 0 Å². The standard InChI is InChI=1S/C54H102O13/c1-5-9-13-17-21-25-29-33-41(34-30-26-22-18-14-10-6-2)37-45(55)63-39-43-47(57)49(59)51(61)53(65-43)67-54-52(62)50(60)48(58)44(66-54)40-64-46(56)38-42(35-31-27-23-19-15-11-7-3)36-32-28-24-20-16-12-8-4/h41-44,47-54,57-62H,5-40H2,1-4H3/t43?,44?,47-,48-,49+,50+,51?,52?,53-,54+/m1/s1. The lowest BCUT2D eigenvalue weighted by molar-refractivity contribution is -0.376. The maximum absolute atomic E-state index is 13.2. The van der Waals surface area contributed by atoms with Gasteiger partial charge in [-0.25, -0.2) is 0 Å². The van der Waals surface area contributed by atoms with Crippen LogP contribution in [0.5, 0.6) is 0 Å². The molecule has 0 bridgehead atoms. The van der Waals surface area contributed by atoms with Crippen LogP contribution in [0.3, 0.4) is 0 Å². The van der Waals surface area contributed by atoms with E-state index in [2.05, 4.69) is 27.7 Å². The van der Waals surface area contributed by atoms with Gasteiger partial charge in [-0.05, 0) is 37.5 Å². The highest BCUT2D eigenvalue weighted by atomic mass is 16.8. The van der Waals surface area contributed by atoms with Gasteiger partial charge in [-0.3, -0.25) is 9.59 Å². The number of rotatable bonds is 42. The molecule has 2 aliphatic rings. The smallest absolute Gasteiger partial charge is 0.306 e. The van der Waals surface area contributed by atoms with Crippen molar-refractivity contribution in [2.24, 2.45) is 11.8 Å². The molecule has 396 valence electrons. The van der Waals surface area contributed by atoms with E-state index in [-0.39, 0.29) is 24.7 Å². The topological polar surface area (TPSA) is 202 Å². The quantitative estimate of drug-likeness (QED) is 0.0250. The van der Waals surface area contributed by atoms with Crippen LogP contribution in [0.15, 0.2) is 0 Å². The van der Waals surface area contributed by atoms with Crippen LogP contribution >= 0.6 is 0 Å². The number of esters is 2. The van der Waals surface area contributed by atoms with Crippen LogP contribution in [0.25, 0.3) is 0 Å². The SMILES string of the molecule is CCCCCCCCCC(CCCCCCCCC)CC(=O)OCC1O[C@H](O[C@@H]2OC(COC(=O)CC(CCCCCCCCC)CCCCCCCCC)[C@@H](O)[C@H](O)C2O)C(O)[C@@H](O)[C@@H]1O. The molecule has 13 nitrogen and oxygen atoms in total. The van der Waals surface area contributed by atoms with E-state index in [9.17, 15) is 40.2 Å². The summed E-state index contributed by atoms with van der Waals surface area (Å²) < 4.78 is 28.6. The van der Waals surface area contributed by atoms with Gasteiger partial charge in [-0.2, -0.15) is 0 Å². The average molecular weight is 959 g/mol. The second-order valence-electron chi connectivity index (χ2n) is 20.3. The second-order valence-corrected chi connectivity index (χ2v) is 20.3. The molecule has 0 amide bonds. The lowest BCUT2D eigenvalue weighted by Gasteiger charge is -2.44. The fourth-order valence-corrected chi connectivity index (χ4v) is 9.66. The number of aliphatic hydroxyl groups is 6. The average Bonchev–Trinajstić information content (AvgIpc) is 3.31. The minimum Gasteiger partial charge on any atom is -0.463 e. The van der Waals surface area contributed by atoms with E-state index in [4.69, 9.17) is 23.7 Å². The van der Waals surface area contributed by atoms with Gasteiger partial charge in [0.1, 0.15) is 62.0 Å². The molecule has 10 atom stereocenters. The number of aliphatic hydroxyl groups excluding tert-OH is 6. The Bertz CT molecular complexity index is 1070. The van der Waals surface area contributed by atoms with Gasteiger partial charge >= 0.3 is 11.9 Å². The zero-order valence-corrected chi connectivity index (χ0v) is 42.9. The fourth-order valence-electron chi connectivity index (χ4n) is 9.66. The van der Waals surface area contributed by atoms with E-state index in [1.165, 1.54) is 128 Å². The lowest BCUT2D eigenvalue weighted by Crippen LogP contribution is -2.64. The lowest BCUT2D eigenvalue weighted by atomic mass is 9.91. The second kappa shape index (κ2) is 39.2. The Balaban J connectivity index is 1.96. The Morgan fingerprint density at radius 3 is 0.896 bits per heavy atom. The summed E-state index contributed by atoms with van der Waals surface area (Å²) in [6.07, 6.45) is 21.2. The van der Waals surface area contributed by atoms with Crippen LogP contribution in [0.2, 0.25) is 0 Å². The van der Waals surface area contributed by atoms with E-state index in [0.717, 1.165) is 77.0 Å². The van der Waals surface area contributed by atoms with Crippen molar-refractivity contribution in [3.05, 3.63) is 0 Å². The van der Waals surface area contributed by atoms with E-state index < -0.39 is 86.6 Å². The molecule has 0 aromatic heterocycles. The Labute approximate surface area is 407 Å². The normalized spacial score (nSPS) is 25.6. The Kier molecular flexibility index (Phi) is 36.1. The molecule has 2 heterocycles. The summed E-state index contributed by atoms with van der Waals surface area (Å²) in [6.45, 7) is 8.01. The first-order valence-electron chi connectivity index (χ1n) is 27.8. The van der Waals surface area contributed by atoms with Crippen LogP contribution in [0, 0.1) is 11.8 Å². The van der Waals surface area contributed by atoms with Crippen molar-refractivity contribution in [2.45, 2.75) is 307 Å². The largest absolute Gasteiger partial charge is 0.463 e. The fraction of sp³-hybridized carbons (Fsp3) is 0.963. The van der Waals surface area contributed by atoms with E-state index in [0.29, 0.717) is 0 Å². The van der Waals surface area contributed by atoms with Gasteiger partial charge in [-0.1, -0.05) is 207 Å². The summed E-state index contributed by atoms with van der Waals surface area (Å²) in [5.74, 6) is -0.534. The van der Waals surface area contributed by atoms with E-state index in [1.807, 2.05) is 0 Å². The van der Waals surface area contributed by atoms with Crippen molar-refractivity contribution in [1.29, 1.82) is 0 Å². The molecule has 2 aliphatic heterocycles. The number of unbranched alkanes of at least 4 members (excludes halogenated alkanes) is 24. The third-order valence-corrected chi connectivity index (χ3v) is 14.2. The molecule has 0 saturated carbocycles. The van der Waals surface area contributed by atoms with Crippen LogP contribution in [-0.2, 0) is 33.3 Å². The third-order valence-electron chi connectivity index (χ3n) is 14.2. The molecule has 0 spiro atoms. The van der Waals surface area contributed by atoms with Gasteiger partial charge in [0.05, 0.1) is 0 Å². The zero-order chi connectivity index (χ0) is 49.1. The van der Waals surface area contributed by atoms with Crippen molar-refractivity contribution >= 4 is 11.9 Å². The van der Waals surface area contributed by atoms with Gasteiger partial charge in [-0.15, -0.1) is 0 Å². The summed E-state index contributed by atoms with van der Waals surface area (Å²) in [5.41, 5.74) is 0. The summed E-state index contributed by atoms with van der Waals surface area (Å²) in [6, 6.07) is 0. The van der Waals surface area contributed by atoms with Crippen molar-refractivity contribution in [3.63, 3.8) is 0 Å². The number of carbonyl (C=O) groups is 2. The Morgan fingerprint density at radius 2 is 0.627 bits per heavy atom. The molecule has 4 unspecified atom stereocenters. The summed E-state index contributed by atoms with van der Waals surface area (Å²) in [7, 11) is 0. The van der Waals surface area contributed by atoms with Gasteiger partial charge in [0.15, 0.2) is 12.6 Å². The van der Waals surface area contributed by atoms with Crippen molar-refractivity contribution in [2.75, 3.05) is 13.2 Å². The molecule has 67 heavy (non-hydrogen) atoms. The minimum atomic E-state index is -1.81. The maximum Gasteiger partial charge on any atom is 0.306 e. The number of hydrogen-bond acceptors (Lipinski definition) is 13. The molecule has 2 rings (SSSR count). The molecular formula is C54H102O13. The monoisotopic (exact) mass is 959 g/mol. The van der Waals surface area contributed by atoms with Gasteiger partial charge in [0, 0.05) is 12.8 Å². The van der Waals surface area contributed by atoms with Crippen LogP contribution in [-0.4, -0.2) is 117 Å². The predicted octanol–water partition coefficient (Wildman–Crippen LogP) is 10.3. The molecular weight excluding hydrogens is 857 g/mol. The predicted molar refractivity (Wildman–Crippen MR) is 263 cm³/mol. The molecule has 0 aliphatic carbocycles. The molecule has 13 heteroatoms. The summed E-state index contributed by atoms with van der Waals surface area (Å²) in [5, 5.41) is 65.0. The number of hydrogen-bond donors (Lipinski definition) is 6. The van der Waals surface area contributed by atoms with E-state index >= 15 is 0 Å². The maximum atomic E-state index is 13.2. The highest BCUT2D eigenvalue weighted by molar-refractivity contribution is 5.70. The van der Waals surface area contributed by atoms with Gasteiger partial charge in [0.2, 0.25) is 0 Å². The Hall–Kier alpha value is -1.42. The van der Waals surface area contributed by atoms with E-state index in [1.54, 1.807) is 0 Å². The first-order valence-corrected chi connectivity index (χ1v) is 27.8. The number of ether oxygens (including phenoxy) is 5. The molecule has 6 N–H and O–H groups in total. The molecule has 0 aromatic carbocycles. The highest BCUT2D eigenvalue weighted by Crippen LogP contribution is 2.30. The van der Waals surface area contributed by atoms with Crippen LogP contribution in [0.1, 0.15) is 246 Å². The van der Waals surface area contributed by atoms with Crippen LogP contribution < -0.4 is 0 Å². The molecule has 2 fully saturated rings. The molecule has 0 radical (unpaired) electrons. The Morgan fingerprint density at radius 1 is 0.373 bits per heavy atom. The van der Waals surface area contributed by atoms with Crippen LogP contribution in [0.4, 0.5) is 0 Å². The van der Waals surface area contributed by atoms with Gasteiger partial charge in [0.25, 0.3) is 0 Å².